The first-order chi connectivity index (χ1) is 4.29. The van der Waals surface area contributed by atoms with E-state index in [1.807, 2.05) is 0 Å². The first kappa shape index (κ1) is 7.07. The summed E-state index contributed by atoms with van der Waals surface area (Å²) in [4.78, 5) is 0. The third-order valence-corrected chi connectivity index (χ3v) is 2.18. The lowest BCUT2D eigenvalue weighted by atomic mass is 10.0. The highest BCUT2D eigenvalue weighted by Gasteiger charge is 2.15. The second-order valence-electron chi connectivity index (χ2n) is 3.36. The Balaban J connectivity index is 2.11. The summed E-state index contributed by atoms with van der Waals surface area (Å²) >= 11 is 0. The van der Waals surface area contributed by atoms with Gasteiger partial charge in [-0.25, -0.2) is 0 Å². The normalized spacial score (nSPS) is 24.7. The smallest absolute Gasteiger partial charge is 0.00131 e. The Hall–Kier alpha value is -0.0400. The van der Waals surface area contributed by atoms with E-state index in [4.69, 9.17) is 5.73 Å². The first-order valence-electron chi connectivity index (χ1n) is 4.04. The fourth-order valence-electron chi connectivity index (χ4n) is 1.77. The van der Waals surface area contributed by atoms with Crippen molar-refractivity contribution in [2.45, 2.75) is 45.1 Å². The Morgan fingerprint density at radius 1 is 1.44 bits per heavy atom. The predicted molar refractivity (Wildman–Crippen MR) is 40.2 cm³/mol. The Kier molecular flexibility index (Phi) is 2.52. The molecule has 2 N–H and O–H groups in total. The number of nitrogens with two attached hydrogens (primary N) is 1. The van der Waals surface area contributed by atoms with Crippen molar-refractivity contribution < 1.29 is 0 Å². The standard InChI is InChI=1S/C8H17N/c1-7(9)6-8-4-2-3-5-8/h7-8H,2-6,9H2,1H3/t7-/m0/s1. The lowest BCUT2D eigenvalue weighted by Crippen LogP contribution is -2.18. The summed E-state index contributed by atoms with van der Waals surface area (Å²) in [7, 11) is 0. The Morgan fingerprint density at radius 2 is 2.00 bits per heavy atom. The van der Waals surface area contributed by atoms with E-state index in [9.17, 15) is 0 Å². The maximum Gasteiger partial charge on any atom is 0.00131 e. The van der Waals surface area contributed by atoms with Gasteiger partial charge < -0.3 is 5.73 Å². The molecule has 0 radical (unpaired) electrons. The van der Waals surface area contributed by atoms with Crippen LogP contribution in [-0.2, 0) is 0 Å². The summed E-state index contributed by atoms with van der Waals surface area (Å²) in [5.74, 6) is 0.963. The summed E-state index contributed by atoms with van der Waals surface area (Å²) in [5, 5.41) is 0. The Labute approximate surface area is 57.6 Å². The Morgan fingerprint density at radius 3 is 2.44 bits per heavy atom. The van der Waals surface area contributed by atoms with Crippen molar-refractivity contribution in [3.05, 3.63) is 0 Å². The van der Waals surface area contributed by atoms with Gasteiger partial charge in [-0.3, -0.25) is 0 Å². The molecule has 0 aromatic heterocycles. The van der Waals surface area contributed by atoms with E-state index in [1.54, 1.807) is 0 Å². The monoisotopic (exact) mass is 127 g/mol. The largest absolute Gasteiger partial charge is 0.328 e. The molecule has 0 aliphatic heterocycles. The quantitative estimate of drug-likeness (QED) is 0.602. The summed E-state index contributed by atoms with van der Waals surface area (Å²) < 4.78 is 0. The number of hydrogen-bond acceptors (Lipinski definition) is 1. The van der Waals surface area contributed by atoms with Gasteiger partial charge in [-0.15, -0.1) is 0 Å². The molecule has 1 atom stereocenters. The van der Waals surface area contributed by atoms with Crippen LogP contribution in [-0.4, -0.2) is 6.04 Å². The molecule has 1 saturated carbocycles. The molecular weight excluding hydrogens is 110 g/mol. The van der Waals surface area contributed by atoms with Crippen LogP contribution in [0, 0.1) is 5.92 Å². The van der Waals surface area contributed by atoms with Crippen molar-refractivity contribution in [2.24, 2.45) is 11.7 Å². The first-order valence-corrected chi connectivity index (χ1v) is 4.04. The molecular formula is C8H17N. The third kappa shape index (κ3) is 2.35. The molecule has 1 aliphatic carbocycles. The molecule has 0 aromatic rings. The van der Waals surface area contributed by atoms with Gasteiger partial charge in [-0.05, 0) is 19.3 Å². The molecule has 1 rings (SSSR count). The van der Waals surface area contributed by atoms with Crippen LogP contribution in [0.4, 0.5) is 0 Å². The summed E-state index contributed by atoms with van der Waals surface area (Å²) in [6.45, 7) is 2.11. The predicted octanol–water partition coefficient (Wildman–Crippen LogP) is 1.91. The average molecular weight is 127 g/mol. The minimum atomic E-state index is 0.424. The second kappa shape index (κ2) is 3.21. The highest BCUT2D eigenvalue weighted by molar-refractivity contribution is 4.70. The summed E-state index contributed by atoms with van der Waals surface area (Å²) in [5.41, 5.74) is 5.67. The van der Waals surface area contributed by atoms with Crippen molar-refractivity contribution in [1.29, 1.82) is 0 Å². The second-order valence-corrected chi connectivity index (χ2v) is 3.36. The minimum absolute atomic E-state index is 0.424. The highest BCUT2D eigenvalue weighted by atomic mass is 14.6. The van der Waals surface area contributed by atoms with Gasteiger partial charge in [0.05, 0.1) is 0 Å². The van der Waals surface area contributed by atoms with Crippen LogP contribution in [0.1, 0.15) is 39.0 Å². The SMILES string of the molecule is C[C@H](N)CC1CCCC1. The molecule has 1 heteroatoms. The summed E-state index contributed by atoms with van der Waals surface area (Å²) in [6, 6.07) is 0.424. The average Bonchev–Trinajstić information content (AvgIpc) is 2.15. The maximum atomic E-state index is 5.67. The lowest BCUT2D eigenvalue weighted by Gasteiger charge is -2.10. The van der Waals surface area contributed by atoms with Gasteiger partial charge in [0.15, 0.2) is 0 Å². The molecule has 0 heterocycles. The molecule has 1 nitrogen and oxygen atoms in total. The van der Waals surface area contributed by atoms with E-state index < -0.39 is 0 Å². The van der Waals surface area contributed by atoms with E-state index in [-0.39, 0.29) is 0 Å². The van der Waals surface area contributed by atoms with Crippen LogP contribution in [0.2, 0.25) is 0 Å². The van der Waals surface area contributed by atoms with Crippen LogP contribution in [0.15, 0.2) is 0 Å². The maximum absolute atomic E-state index is 5.67. The molecule has 0 spiro atoms. The van der Waals surface area contributed by atoms with Crippen molar-refractivity contribution in [3.8, 4) is 0 Å². The number of hydrogen-bond donors (Lipinski definition) is 1. The van der Waals surface area contributed by atoms with Gasteiger partial charge in [0.1, 0.15) is 0 Å². The molecule has 0 saturated heterocycles. The van der Waals surface area contributed by atoms with Gasteiger partial charge in [0.2, 0.25) is 0 Å². The number of rotatable bonds is 2. The van der Waals surface area contributed by atoms with Gasteiger partial charge in [-0.1, -0.05) is 25.7 Å². The molecule has 54 valence electrons. The van der Waals surface area contributed by atoms with Crippen molar-refractivity contribution >= 4 is 0 Å². The van der Waals surface area contributed by atoms with Crippen molar-refractivity contribution in [2.75, 3.05) is 0 Å². The third-order valence-electron chi connectivity index (χ3n) is 2.18. The summed E-state index contributed by atoms with van der Waals surface area (Å²) in [6.07, 6.45) is 7.00. The van der Waals surface area contributed by atoms with Crippen LogP contribution in [0.3, 0.4) is 0 Å². The zero-order chi connectivity index (χ0) is 6.69. The van der Waals surface area contributed by atoms with E-state index in [0.29, 0.717) is 6.04 Å². The molecule has 0 unspecified atom stereocenters. The highest BCUT2D eigenvalue weighted by Crippen LogP contribution is 2.27. The fraction of sp³-hybridized carbons (Fsp3) is 1.00. The van der Waals surface area contributed by atoms with Crippen LogP contribution in [0.25, 0.3) is 0 Å². The van der Waals surface area contributed by atoms with Crippen LogP contribution >= 0.6 is 0 Å². The molecule has 1 fully saturated rings. The van der Waals surface area contributed by atoms with Gasteiger partial charge in [0, 0.05) is 6.04 Å². The molecule has 0 aromatic carbocycles. The van der Waals surface area contributed by atoms with Gasteiger partial charge in [-0.2, -0.15) is 0 Å². The van der Waals surface area contributed by atoms with Crippen molar-refractivity contribution in [3.63, 3.8) is 0 Å². The van der Waals surface area contributed by atoms with Gasteiger partial charge in [0.25, 0.3) is 0 Å². The van der Waals surface area contributed by atoms with Gasteiger partial charge >= 0.3 is 0 Å². The molecule has 0 amide bonds. The molecule has 0 bridgehead atoms. The Bertz CT molecular complexity index is 72.6. The lowest BCUT2D eigenvalue weighted by molar-refractivity contribution is 0.459. The van der Waals surface area contributed by atoms with Crippen LogP contribution in [0.5, 0.6) is 0 Å². The van der Waals surface area contributed by atoms with E-state index in [0.717, 1.165) is 5.92 Å². The van der Waals surface area contributed by atoms with Crippen molar-refractivity contribution in [1.82, 2.24) is 0 Å². The molecule has 1 aliphatic rings. The van der Waals surface area contributed by atoms with E-state index in [1.165, 1.54) is 32.1 Å². The topological polar surface area (TPSA) is 26.0 Å². The molecule has 9 heavy (non-hydrogen) atoms. The van der Waals surface area contributed by atoms with E-state index in [2.05, 4.69) is 6.92 Å². The minimum Gasteiger partial charge on any atom is -0.328 e. The van der Waals surface area contributed by atoms with Crippen LogP contribution < -0.4 is 5.73 Å². The zero-order valence-electron chi connectivity index (χ0n) is 6.27. The van der Waals surface area contributed by atoms with E-state index >= 15 is 0 Å². The fourth-order valence-corrected chi connectivity index (χ4v) is 1.77. The zero-order valence-corrected chi connectivity index (χ0v) is 6.27.